The summed E-state index contributed by atoms with van der Waals surface area (Å²) in [6.45, 7) is 7.57. The van der Waals surface area contributed by atoms with E-state index in [0.29, 0.717) is 29.0 Å². The Hall–Kier alpha value is -2.53. The Morgan fingerprint density at radius 2 is 1.88 bits per heavy atom. The maximum atomic E-state index is 12.7. The fourth-order valence-corrected chi connectivity index (χ4v) is 3.11. The zero-order valence-corrected chi connectivity index (χ0v) is 15.2. The fraction of sp³-hybridized carbons (Fsp3) is 0.200. The number of carbonyl (C=O) groups excluding carboxylic acids is 2. The predicted octanol–water partition coefficient (Wildman–Crippen LogP) is 4.70. The monoisotopic (exact) mass is 355 g/mol. The summed E-state index contributed by atoms with van der Waals surface area (Å²) < 4.78 is 5.05. The molecule has 0 aliphatic carbocycles. The first-order valence-electron chi connectivity index (χ1n) is 7.99. The van der Waals surface area contributed by atoms with E-state index in [2.05, 4.69) is 11.9 Å². The lowest BCUT2D eigenvalue weighted by Crippen LogP contribution is -2.15. The molecule has 4 nitrogen and oxygen atoms in total. The topological polar surface area (TPSA) is 55.4 Å². The number of ether oxygens (including phenoxy) is 1. The third-order valence-corrected chi connectivity index (χ3v) is 4.64. The summed E-state index contributed by atoms with van der Waals surface area (Å²) in [6.07, 6.45) is 1.80. The van der Waals surface area contributed by atoms with Crippen LogP contribution >= 0.6 is 11.8 Å². The van der Waals surface area contributed by atoms with Crippen molar-refractivity contribution in [3.63, 3.8) is 0 Å². The highest BCUT2D eigenvalue weighted by Gasteiger charge is 2.16. The first-order chi connectivity index (χ1) is 12.1. The van der Waals surface area contributed by atoms with Gasteiger partial charge in [0.05, 0.1) is 17.7 Å². The second kappa shape index (κ2) is 9.08. The van der Waals surface area contributed by atoms with Gasteiger partial charge in [0.1, 0.15) is 0 Å². The lowest BCUT2D eigenvalue weighted by atomic mass is 10.1. The Morgan fingerprint density at radius 3 is 2.60 bits per heavy atom. The molecule has 0 atom stereocenters. The number of hydrogen-bond donors (Lipinski definition) is 1. The minimum Gasteiger partial charge on any atom is -0.462 e. The van der Waals surface area contributed by atoms with Gasteiger partial charge in [-0.1, -0.05) is 24.3 Å². The number of rotatable bonds is 7. The summed E-state index contributed by atoms with van der Waals surface area (Å²) in [7, 11) is 0. The molecule has 1 amide bonds. The first-order valence-corrected chi connectivity index (χ1v) is 8.97. The number of thioether (sulfide) groups is 1. The number of carbonyl (C=O) groups is 2. The Balaban J connectivity index is 2.26. The highest BCUT2D eigenvalue weighted by atomic mass is 32.2. The van der Waals surface area contributed by atoms with Gasteiger partial charge in [-0.25, -0.2) is 4.79 Å². The van der Waals surface area contributed by atoms with E-state index in [1.807, 2.05) is 18.2 Å². The van der Waals surface area contributed by atoms with Gasteiger partial charge in [-0.2, -0.15) is 0 Å². The molecule has 0 radical (unpaired) electrons. The van der Waals surface area contributed by atoms with E-state index in [0.717, 1.165) is 10.6 Å². The van der Waals surface area contributed by atoms with Crippen LogP contribution in [0.5, 0.6) is 0 Å². The van der Waals surface area contributed by atoms with Crippen LogP contribution in [0, 0.1) is 6.92 Å². The van der Waals surface area contributed by atoms with E-state index < -0.39 is 5.97 Å². The van der Waals surface area contributed by atoms with Crippen LogP contribution < -0.4 is 5.32 Å². The highest BCUT2D eigenvalue weighted by molar-refractivity contribution is 7.99. The molecule has 0 spiro atoms. The minimum absolute atomic E-state index is 0.212. The van der Waals surface area contributed by atoms with Gasteiger partial charge >= 0.3 is 5.97 Å². The summed E-state index contributed by atoms with van der Waals surface area (Å²) in [5.74, 6) is 0.121. The number of esters is 1. The van der Waals surface area contributed by atoms with Crippen LogP contribution in [0.2, 0.25) is 0 Å². The number of amides is 1. The Bertz CT molecular complexity index is 786. The van der Waals surface area contributed by atoms with Crippen molar-refractivity contribution < 1.29 is 14.3 Å². The van der Waals surface area contributed by atoms with E-state index in [1.165, 1.54) is 0 Å². The number of hydrogen-bond acceptors (Lipinski definition) is 4. The normalized spacial score (nSPS) is 10.2. The number of nitrogens with one attached hydrogen (secondary N) is 1. The van der Waals surface area contributed by atoms with Gasteiger partial charge in [-0.05, 0) is 43.7 Å². The molecule has 0 heterocycles. The molecule has 25 heavy (non-hydrogen) atoms. The molecule has 2 aromatic rings. The SMILES string of the molecule is C=CCSc1ccccc1C(=O)Nc1cccc(C(=O)OCC)c1C. The smallest absolute Gasteiger partial charge is 0.338 e. The first kappa shape index (κ1) is 18.8. The van der Waals surface area contributed by atoms with E-state index in [-0.39, 0.29) is 5.91 Å². The number of benzene rings is 2. The number of anilines is 1. The van der Waals surface area contributed by atoms with E-state index in [4.69, 9.17) is 4.74 Å². The Morgan fingerprint density at radius 1 is 1.16 bits per heavy atom. The Kier molecular flexibility index (Phi) is 6.83. The molecule has 0 saturated heterocycles. The summed E-state index contributed by atoms with van der Waals surface area (Å²) >= 11 is 1.55. The van der Waals surface area contributed by atoms with Crippen molar-refractivity contribution in [1.29, 1.82) is 0 Å². The van der Waals surface area contributed by atoms with Crippen molar-refractivity contribution in [1.82, 2.24) is 0 Å². The average molecular weight is 355 g/mol. The zero-order valence-electron chi connectivity index (χ0n) is 14.4. The summed E-state index contributed by atoms with van der Waals surface area (Å²) in [5.41, 5.74) is 2.33. The van der Waals surface area contributed by atoms with Crippen molar-refractivity contribution in [2.75, 3.05) is 17.7 Å². The summed E-state index contributed by atoms with van der Waals surface area (Å²) in [5, 5.41) is 2.89. The molecule has 130 valence electrons. The van der Waals surface area contributed by atoms with Crippen molar-refractivity contribution in [3.05, 3.63) is 71.8 Å². The molecular weight excluding hydrogens is 334 g/mol. The van der Waals surface area contributed by atoms with Gasteiger partial charge in [0, 0.05) is 16.3 Å². The molecule has 0 fully saturated rings. The zero-order chi connectivity index (χ0) is 18.2. The molecule has 0 bridgehead atoms. The molecule has 0 aromatic heterocycles. The lowest BCUT2D eigenvalue weighted by molar-refractivity contribution is 0.0525. The summed E-state index contributed by atoms with van der Waals surface area (Å²) in [6, 6.07) is 12.6. The van der Waals surface area contributed by atoms with E-state index in [9.17, 15) is 9.59 Å². The molecular formula is C20H21NO3S. The molecule has 2 aromatic carbocycles. The molecule has 0 unspecified atom stereocenters. The van der Waals surface area contributed by atoms with Crippen molar-refractivity contribution in [3.8, 4) is 0 Å². The van der Waals surface area contributed by atoms with Crippen LogP contribution in [0.3, 0.4) is 0 Å². The fourth-order valence-electron chi connectivity index (χ4n) is 2.32. The van der Waals surface area contributed by atoms with Crippen LogP contribution in [0.4, 0.5) is 5.69 Å². The quantitative estimate of drug-likeness (QED) is 0.444. The van der Waals surface area contributed by atoms with Gasteiger partial charge in [-0.3, -0.25) is 4.79 Å². The van der Waals surface area contributed by atoms with Gasteiger partial charge in [0.25, 0.3) is 5.91 Å². The van der Waals surface area contributed by atoms with Gasteiger partial charge in [-0.15, -0.1) is 18.3 Å². The van der Waals surface area contributed by atoms with Crippen LogP contribution in [-0.4, -0.2) is 24.2 Å². The van der Waals surface area contributed by atoms with Crippen molar-refractivity contribution >= 4 is 29.3 Å². The van der Waals surface area contributed by atoms with Crippen LogP contribution in [0.1, 0.15) is 33.2 Å². The lowest BCUT2D eigenvalue weighted by Gasteiger charge is -2.13. The molecule has 5 heteroatoms. The third-order valence-electron chi connectivity index (χ3n) is 3.57. The molecule has 2 rings (SSSR count). The van der Waals surface area contributed by atoms with Gasteiger partial charge in [0.2, 0.25) is 0 Å². The minimum atomic E-state index is -0.391. The maximum absolute atomic E-state index is 12.7. The second-order valence-electron chi connectivity index (χ2n) is 5.25. The van der Waals surface area contributed by atoms with Gasteiger partial charge in [0.15, 0.2) is 0 Å². The summed E-state index contributed by atoms with van der Waals surface area (Å²) in [4.78, 5) is 25.6. The predicted molar refractivity (Wildman–Crippen MR) is 102 cm³/mol. The van der Waals surface area contributed by atoms with Gasteiger partial charge < -0.3 is 10.1 Å². The average Bonchev–Trinajstić information content (AvgIpc) is 2.62. The molecule has 0 saturated carbocycles. The molecule has 0 aliphatic rings. The van der Waals surface area contributed by atoms with Crippen LogP contribution in [0.15, 0.2) is 60.0 Å². The highest BCUT2D eigenvalue weighted by Crippen LogP contribution is 2.25. The van der Waals surface area contributed by atoms with E-state index >= 15 is 0 Å². The second-order valence-corrected chi connectivity index (χ2v) is 6.31. The maximum Gasteiger partial charge on any atom is 0.338 e. The largest absolute Gasteiger partial charge is 0.462 e. The van der Waals surface area contributed by atoms with E-state index in [1.54, 1.807) is 56.0 Å². The Labute approximate surface area is 152 Å². The van der Waals surface area contributed by atoms with Crippen molar-refractivity contribution in [2.45, 2.75) is 18.7 Å². The van der Waals surface area contributed by atoms with Crippen LogP contribution in [-0.2, 0) is 4.74 Å². The molecule has 0 aliphatic heterocycles. The molecule has 1 N–H and O–H groups in total. The van der Waals surface area contributed by atoms with Crippen molar-refractivity contribution in [2.24, 2.45) is 0 Å². The van der Waals surface area contributed by atoms with Crippen LogP contribution in [0.25, 0.3) is 0 Å². The third kappa shape index (κ3) is 4.73. The standard InChI is InChI=1S/C20H21NO3S/c1-4-13-25-18-12-7-6-9-16(18)19(22)21-17-11-8-10-15(14(17)3)20(23)24-5-2/h4,6-12H,1,5,13H2,2-3H3,(H,21,22).